The molecule has 1 N–H and O–H groups in total. The number of alkyl halides is 3. The van der Waals surface area contributed by atoms with Crippen molar-refractivity contribution in [3.05, 3.63) is 35.9 Å². The molecule has 2 unspecified atom stereocenters. The Morgan fingerprint density at radius 2 is 1.92 bits per heavy atom. The van der Waals surface area contributed by atoms with Gasteiger partial charge in [0.05, 0.1) is 5.41 Å². The number of carbonyl (C=O) groups is 2. The fourth-order valence-corrected chi connectivity index (χ4v) is 3.75. The first-order chi connectivity index (χ1) is 11.1. The van der Waals surface area contributed by atoms with Gasteiger partial charge in [0.1, 0.15) is 5.78 Å². The van der Waals surface area contributed by atoms with Crippen molar-refractivity contribution >= 4 is 11.7 Å². The van der Waals surface area contributed by atoms with Crippen LogP contribution < -0.4 is 5.32 Å². The van der Waals surface area contributed by atoms with Gasteiger partial charge in [0.2, 0.25) is 5.91 Å². The highest BCUT2D eigenvalue weighted by Gasteiger charge is 2.54. The van der Waals surface area contributed by atoms with Gasteiger partial charge in [0, 0.05) is 12.3 Å². The second-order valence-corrected chi connectivity index (χ2v) is 6.91. The van der Waals surface area contributed by atoms with Crippen molar-refractivity contribution in [3.63, 3.8) is 0 Å². The highest BCUT2D eigenvalue weighted by Crippen LogP contribution is 2.48. The highest BCUT2D eigenvalue weighted by atomic mass is 19.4. The number of Topliss-reactive ketones (excluding diaryl/α,β-unsaturated/α-hetero) is 1. The van der Waals surface area contributed by atoms with Crippen molar-refractivity contribution < 1.29 is 22.8 Å². The molecule has 1 saturated carbocycles. The van der Waals surface area contributed by atoms with Gasteiger partial charge in [-0.25, -0.2) is 0 Å². The van der Waals surface area contributed by atoms with E-state index in [0.717, 1.165) is 10.9 Å². The third kappa shape index (κ3) is 4.16. The number of carbonyl (C=O) groups excluding carboxylic acids is 2. The lowest BCUT2D eigenvalue weighted by Gasteiger charge is -2.35. The monoisotopic (exact) mass is 341 g/mol. The standard InChI is InChI=1S/C18H22F3NO2/c1-12(2)11-17(16(24)22-18(19,20)21)9-8-15(23)14(17)10-13-6-4-3-5-7-13/h3-7,12,14H,8-11H2,1-2H3,(H,22,24). The first kappa shape index (κ1) is 18.5. The Bertz CT molecular complexity index is 598. The SMILES string of the molecule is CC(C)CC1(C(=O)NC(F)(F)F)CCC(=O)C1Cc1ccccc1. The molecule has 1 aliphatic carbocycles. The van der Waals surface area contributed by atoms with Gasteiger partial charge in [0.15, 0.2) is 0 Å². The Kier molecular flexibility index (Phi) is 5.35. The zero-order valence-corrected chi connectivity index (χ0v) is 13.8. The Labute approximate surface area is 139 Å². The third-order valence-corrected chi connectivity index (χ3v) is 4.64. The summed E-state index contributed by atoms with van der Waals surface area (Å²) in [5.74, 6) is -1.91. The van der Waals surface area contributed by atoms with E-state index in [9.17, 15) is 22.8 Å². The zero-order chi connectivity index (χ0) is 18.0. The summed E-state index contributed by atoms with van der Waals surface area (Å²) < 4.78 is 38.1. The second-order valence-electron chi connectivity index (χ2n) is 6.91. The molecular weight excluding hydrogens is 319 g/mol. The van der Waals surface area contributed by atoms with Crippen LogP contribution in [-0.2, 0) is 16.0 Å². The number of hydrogen-bond acceptors (Lipinski definition) is 2. The summed E-state index contributed by atoms with van der Waals surface area (Å²) >= 11 is 0. The van der Waals surface area contributed by atoms with Crippen LogP contribution in [0.4, 0.5) is 13.2 Å². The van der Waals surface area contributed by atoms with Crippen molar-refractivity contribution in [3.8, 4) is 0 Å². The number of amides is 1. The van der Waals surface area contributed by atoms with E-state index in [1.54, 1.807) is 0 Å². The molecule has 1 aromatic carbocycles. The van der Waals surface area contributed by atoms with Crippen LogP contribution >= 0.6 is 0 Å². The molecule has 2 rings (SSSR count). The van der Waals surface area contributed by atoms with Crippen molar-refractivity contribution in [2.45, 2.75) is 45.8 Å². The van der Waals surface area contributed by atoms with Gasteiger partial charge in [-0.2, -0.15) is 13.2 Å². The minimum absolute atomic E-state index is 0.00755. The van der Waals surface area contributed by atoms with Crippen LogP contribution in [0.25, 0.3) is 0 Å². The molecule has 0 aromatic heterocycles. The summed E-state index contributed by atoms with van der Waals surface area (Å²) in [6, 6.07) is 9.11. The normalized spacial score (nSPS) is 24.4. The maximum absolute atomic E-state index is 12.7. The van der Waals surface area contributed by atoms with Gasteiger partial charge >= 0.3 is 6.30 Å². The summed E-state index contributed by atoms with van der Waals surface area (Å²) in [4.78, 5) is 24.9. The molecule has 1 aliphatic rings. The predicted molar refractivity (Wildman–Crippen MR) is 84.0 cm³/mol. The van der Waals surface area contributed by atoms with Crippen LogP contribution in [0.5, 0.6) is 0 Å². The third-order valence-electron chi connectivity index (χ3n) is 4.64. The average molecular weight is 341 g/mol. The smallest absolute Gasteiger partial charge is 0.299 e. The maximum Gasteiger partial charge on any atom is 0.484 e. The molecule has 6 heteroatoms. The summed E-state index contributed by atoms with van der Waals surface area (Å²) in [5, 5.41) is 1.15. The van der Waals surface area contributed by atoms with Crippen LogP contribution in [0.1, 0.15) is 38.7 Å². The van der Waals surface area contributed by atoms with E-state index in [-0.39, 0.29) is 37.4 Å². The van der Waals surface area contributed by atoms with E-state index in [4.69, 9.17) is 0 Å². The summed E-state index contributed by atoms with van der Waals surface area (Å²) in [6.45, 7) is 3.70. The van der Waals surface area contributed by atoms with Crippen molar-refractivity contribution in [2.75, 3.05) is 0 Å². The molecular formula is C18H22F3NO2. The van der Waals surface area contributed by atoms with Crippen molar-refractivity contribution in [1.29, 1.82) is 0 Å². The molecule has 1 aromatic rings. The first-order valence-electron chi connectivity index (χ1n) is 8.10. The fourth-order valence-electron chi connectivity index (χ4n) is 3.75. The van der Waals surface area contributed by atoms with E-state index in [1.807, 2.05) is 44.2 Å². The number of hydrogen-bond donors (Lipinski definition) is 1. The molecule has 2 atom stereocenters. The van der Waals surface area contributed by atoms with Gasteiger partial charge in [0.25, 0.3) is 0 Å². The van der Waals surface area contributed by atoms with Crippen LogP contribution in [-0.4, -0.2) is 18.0 Å². The lowest BCUT2D eigenvalue weighted by molar-refractivity contribution is -0.178. The molecule has 0 heterocycles. The maximum atomic E-state index is 12.7. The number of benzene rings is 1. The summed E-state index contributed by atoms with van der Waals surface area (Å²) in [7, 11) is 0. The Morgan fingerprint density at radius 3 is 2.46 bits per heavy atom. The van der Waals surface area contributed by atoms with Crippen LogP contribution in [0.2, 0.25) is 0 Å². The first-order valence-corrected chi connectivity index (χ1v) is 8.10. The van der Waals surface area contributed by atoms with Gasteiger partial charge in [-0.05, 0) is 30.7 Å². The van der Waals surface area contributed by atoms with Gasteiger partial charge < -0.3 is 0 Å². The summed E-state index contributed by atoms with van der Waals surface area (Å²) in [5.41, 5.74) is -0.443. The fraction of sp³-hybridized carbons (Fsp3) is 0.556. The van der Waals surface area contributed by atoms with Crippen molar-refractivity contribution in [2.24, 2.45) is 17.3 Å². The summed E-state index contributed by atoms with van der Waals surface area (Å²) in [6.07, 6.45) is -3.92. The number of nitrogens with one attached hydrogen (secondary N) is 1. The largest absolute Gasteiger partial charge is 0.484 e. The Morgan fingerprint density at radius 1 is 1.29 bits per heavy atom. The number of ketones is 1. The molecule has 0 aliphatic heterocycles. The minimum Gasteiger partial charge on any atom is -0.299 e. The lowest BCUT2D eigenvalue weighted by Crippen LogP contribution is -2.50. The van der Waals surface area contributed by atoms with Crippen molar-refractivity contribution in [1.82, 2.24) is 5.32 Å². The highest BCUT2D eigenvalue weighted by molar-refractivity contribution is 5.95. The zero-order valence-electron chi connectivity index (χ0n) is 13.8. The van der Waals surface area contributed by atoms with Crippen LogP contribution in [0, 0.1) is 17.3 Å². The molecule has 3 nitrogen and oxygen atoms in total. The predicted octanol–water partition coefficient (Wildman–Crippen LogP) is 3.88. The van der Waals surface area contributed by atoms with Gasteiger partial charge in [-0.3, -0.25) is 14.9 Å². The molecule has 0 spiro atoms. The lowest BCUT2D eigenvalue weighted by atomic mass is 9.69. The van der Waals surface area contributed by atoms with Gasteiger partial charge in [-0.1, -0.05) is 44.2 Å². The van der Waals surface area contributed by atoms with Crippen LogP contribution in [0.3, 0.4) is 0 Å². The van der Waals surface area contributed by atoms with Gasteiger partial charge in [-0.15, -0.1) is 0 Å². The molecule has 0 radical (unpaired) electrons. The Balaban J connectivity index is 2.35. The van der Waals surface area contributed by atoms with E-state index < -0.39 is 23.5 Å². The molecule has 1 fully saturated rings. The second kappa shape index (κ2) is 6.95. The number of halogens is 3. The van der Waals surface area contributed by atoms with E-state index in [2.05, 4.69) is 0 Å². The topological polar surface area (TPSA) is 46.2 Å². The molecule has 0 saturated heterocycles. The number of rotatable bonds is 5. The Hall–Kier alpha value is -1.85. The van der Waals surface area contributed by atoms with Crippen LogP contribution in [0.15, 0.2) is 30.3 Å². The van der Waals surface area contributed by atoms with E-state index >= 15 is 0 Å². The van der Waals surface area contributed by atoms with E-state index in [1.165, 1.54) is 0 Å². The quantitative estimate of drug-likeness (QED) is 0.826. The molecule has 24 heavy (non-hydrogen) atoms. The van der Waals surface area contributed by atoms with E-state index in [0.29, 0.717) is 0 Å². The molecule has 0 bridgehead atoms. The average Bonchev–Trinajstić information content (AvgIpc) is 2.76. The minimum atomic E-state index is -4.79. The molecule has 1 amide bonds. The molecule has 132 valence electrons.